The summed E-state index contributed by atoms with van der Waals surface area (Å²) in [6, 6.07) is 4.93. The highest BCUT2D eigenvalue weighted by Gasteiger charge is 2.15. The quantitative estimate of drug-likeness (QED) is 0.501. The zero-order chi connectivity index (χ0) is 18.4. The fourth-order valence-electron chi connectivity index (χ4n) is 2.29. The van der Waals surface area contributed by atoms with Gasteiger partial charge in [0.05, 0.1) is 10.3 Å². The molecule has 25 heavy (non-hydrogen) atoms. The van der Waals surface area contributed by atoms with Crippen LogP contribution in [0.2, 0.25) is 0 Å². The highest BCUT2D eigenvalue weighted by atomic mass is 16.6. The number of nitro benzene ring substituents is 1. The van der Waals surface area contributed by atoms with E-state index in [2.05, 4.69) is 10.3 Å². The van der Waals surface area contributed by atoms with Gasteiger partial charge < -0.3 is 10.1 Å². The van der Waals surface area contributed by atoms with E-state index in [0.29, 0.717) is 18.4 Å². The number of aromatic nitrogens is 1. The maximum atomic E-state index is 11.5. The summed E-state index contributed by atoms with van der Waals surface area (Å²) >= 11 is 0. The van der Waals surface area contributed by atoms with Crippen molar-refractivity contribution in [3.05, 3.63) is 52.3 Å². The van der Waals surface area contributed by atoms with Gasteiger partial charge in [-0.15, -0.1) is 0 Å². The Balaban J connectivity index is 2.01. The summed E-state index contributed by atoms with van der Waals surface area (Å²) in [5.74, 6) is 0. The largest absolute Gasteiger partial charge is 0.444 e. The van der Waals surface area contributed by atoms with Crippen LogP contribution in [-0.2, 0) is 4.74 Å². The van der Waals surface area contributed by atoms with Gasteiger partial charge in [0.2, 0.25) is 0 Å². The number of nitro groups is 1. The number of nitrogens with one attached hydrogen (secondary N) is 1. The van der Waals surface area contributed by atoms with Crippen molar-refractivity contribution in [2.45, 2.75) is 32.8 Å². The number of alkyl carbamates (subject to hydrolysis) is 1. The third-order valence-corrected chi connectivity index (χ3v) is 3.30. The molecule has 1 aromatic carbocycles. The second-order valence-electron chi connectivity index (χ2n) is 6.47. The predicted octanol–water partition coefficient (Wildman–Crippen LogP) is 4.07. The fourth-order valence-corrected chi connectivity index (χ4v) is 2.29. The van der Waals surface area contributed by atoms with Gasteiger partial charge in [0.1, 0.15) is 5.60 Å². The van der Waals surface area contributed by atoms with E-state index in [0.717, 1.165) is 10.9 Å². The molecule has 0 radical (unpaired) electrons. The number of non-ortho nitro benzene ring substituents is 1. The molecule has 0 atom stereocenters. The molecule has 1 amide bonds. The van der Waals surface area contributed by atoms with Crippen molar-refractivity contribution in [1.82, 2.24) is 10.3 Å². The monoisotopic (exact) mass is 343 g/mol. The first kappa shape index (κ1) is 18.4. The van der Waals surface area contributed by atoms with E-state index in [1.54, 1.807) is 39.1 Å². The molecule has 7 nitrogen and oxygen atoms in total. The molecule has 1 heterocycles. The Morgan fingerprint density at radius 1 is 1.32 bits per heavy atom. The van der Waals surface area contributed by atoms with Crippen LogP contribution in [-0.4, -0.2) is 28.1 Å². The number of nitrogens with zero attached hydrogens (tertiary/aromatic N) is 2. The molecule has 0 aliphatic rings. The van der Waals surface area contributed by atoms with Crippen LogP contribution in [0, 0.1) is 10.1 Å². The number of rotatable bonds is 5. The number of hydrogen-bond donors (Lipinski definition) is 1. The van der Waals surface area contributed by atoms with Gasteiger partial charge in [0.25, 0.3) is 5.69 Å². The summed E-state index contributed by atoms with van der Waals surface area (Å²) in [6.45, 7) is 5.86. The molecule has 1 aromatic heterocycles. The van der Waals surface area contributed by atoms with E-state index < -0.39 is 16.6 Å². The molecule has 0 saturated carbocycles. The van der Waals surface area contributed by atoms with E-state index in [1.165, 1.54) is 12.3 Å². The van der Waals surface area contributed by atoms with Gasteiger partial charge in [-0.25, -0.2) is 4.79 Å². The molecular weight excluding hydrogens is 322 g/mol. The Bertz CT molecular complexity index is 810. The van der Waals surface area contributed by atoms with Gasteiger partial charge in [-0.3, -0.25) is 15.1 Å². The van der Waals surface area contributed by atoms with Gasteiger partial charge in [0, 0.05) is 25.0 Å². The molecule has 0 fully saturated rings. The second-order valence-corrected chi connectivity index (χ2v) is 6.47. The van der Waals surface area contributed by atoms with Gasteiger partial charge in [-0.2, -0.15) is 0 Å². The lowest BCUT2D eigenvalue weighted by atomic mass is 10.0. The minimum atomic E-state index is -0.522. The molecule has 0 spiro atoms. The van der Waals surface area contributed by atoms with Gasteiger partial charge in [0.15, 0.2) is 0 Å². The highest BCUT2D eigenvalue weighted by Crippen LogP contribution is 2.28. The minimum Gasteiger partial charge on any atom is -0.444 e. The molecule has 1 N–H and O–H groups in total. The first-order valence-corrected chi connectivity index (χ1v) is 7.92. The Morgan fingerprint density at radius 2 is 2.08 bits per heavy atom. The first-order valence-electron chi connectivity index (χ1n) is 7.92. The normalized spacial score (nSPS) is 11.6. The third kappa shape index (κ3) is 5.27. The number of fused-ring (bicyclic) bond motifs is 1. The van der Waals surface area contributed by atoms with Crippen LogP contribution in [0.15, 0.2) is 36.7 Å². The van der Waals surface area contributed by atoms with Crippen molar-refractivity contribution in [2.24, 2.45) is 0 Å². The summed E-state index contributed by atoms with van der Waals surface area (Å²) in [6.07, 6.45) is 7.04. The molecule has 0 saturated heterocycles. The number of ether oxygens (including phenoxy) is 1. The summed E-state index contributed by atoms with van der Waals surface area (Å²) in [5, 5.41) is 15.0. The molecule has 2 aromatic rings. The summed E-state index contributed by atoms with van der Waals surface area (Å²) in [4.78, 5) is 26.2. The molecule has 0 bridgehead atoms. The van der Waals surface area contributed by atoms with E-state index in [4.69, 9.17) is 4.74 Å². The van der Waals surface area contributed by atoms with Crippen molar-refractivity contribution in [3.8, 4) is 0 Å². The number of hydrogen-bond acceptors (Lipinski definition) is 5. The van der Waals surface area contributed by atoms with E-state index in [-0.39, 0.29) is 5.69 Å². The van der Waals surface area contributed by atoms with E-state index >= 15 is 0 Å². The minimum absolute atomic E-state index is 0.0341. The predicted molar refractivity (Wildman–Crippen MR) is 96.3 cm³/mol. The van der Waals surface area contributed by atoms with Gasteiger partial charge >= 0.3 is 6.09 Å². The van der Waals surface area contributed by atoms with Crippen molar-refractivity contribution in [3.63, 3.8) is 0 Å². The van der Waals surface area contributed by atoms with Crippen LogP contribution in [0.5, 0.6) is 0 Å². The standard InChI is InChI=1S/C18H21N3O4/c1-18(2,3)25-17(22)20-10-5-4-6-13-7-8-16(21(23)24)15-12-19-11-9-14(13)15/h4,6-9,11-12H,5,10H2,1-3H3,(H,20,22). The van der Waals surface area contributed by atoms with Gasteiger partial charge in [-0.1, -0.05) is 12.2 Å². The summed E-state index contributed by atoms with van der Waals surface area (Å²) in [7, 11) is 0. The maximum Gasteiger partial charge on any atom is 0.407 e. The topological polar surface area (TPSA) is 94.4 Å². The lowest BCUT2D eigenvalue weighted by Gasteiger charge is -2.19. The number of amides is 1. The van der Waals surface area contributed by atoms with Crippen LogP contribution >= 0.6 is 0 Å². The van der Waals surface area contributed by atoms with Crippen molar-refractivity contribution < 1.29 is 14.5 Å². The Hall–Kier alpha value is -2.96. The molecular formula is C18H21N3O4. The van der Waals surface area contributed by atoms with Crippen molar-refractivity contribution in [2.75, 3.05) is 6.54 Å². The Labute approximate surface area is 145 Å². The van der Waals surface area contributed by atoms with Crippen LogP contribution < -0.4 is 5.32 Å². The zero-order valence-corrected chi connectivity index (χ0v) is 14.5. The third-order valence-electron chi connectivity index (χ3n) is 3.30. The van der Waals surface area contributed by atoms with E-state index in [9.17, 15) is 14.9 Å². The SMILES string of the molecule is CC(C)(C)OC(=O)NCCC=Cc1ccc([N+](=O)[O-])c2cnccc12. The van der Waals surface area contributed by atoms with E-state index in [1.807, 2.05) is 12.2 Å². The second kappa shape index (κ2) is 7.74. The molecule has 7 heteroatoms. The van der Waals surface area contributed by atoms with Crippen LogP contribution in [0.4, 0.5) is 10.5 Å². The Morgan fingerprint density at radius 3 is 2.76 bits per heavy atom. The van der Waals surface area contributed by atoms with Crippen LogP contribution in [0.3, 0.4) is 0 Å². The number of benzene rings is 1. The van der Waals surface area contributed by atoms with Crippen LogP contribution in [0.25, 0.3) is 16.8 Å². The average Bonchev–Trinajstić information content (AvgIpc) is 2.52. The van der Waals surface area contributed by atoms with Gasteiger partial charge in [-0.05, 0) is 50.3 Å². The first-order chi connectivity index (χ1) is 11.8. The van der Waals surface area contributed by atoms with Crippen molar-refractivity contribution in [1.29, 1.82) is 0 Å². The molecule has 0 unspecified atom stereocenters. The maximum absolute atomic E-state index is 11.5. The number of carbonyl (C=O) groups excluding carboxylic acids is 1. The molecule has 2 rings (SSSR count). The average molecular weight is 343 g/mol. The zero-order valence-electron chi connectivity index (χ0n) is 14.5. The number of pyridine rings is 1. The smallest absolute Gasteiger partial charge is 0.407 e. The molecule has 132 valence electrons. The highest BCUT2D eigenvalue weighted by molar-refractivity contribution is 5.96. The lowest BCUT2D eigenvalue weighted by molar-refractivity contribution is -0.383. The molecule has 0 aliphatic carbocycles. The lowest BCUT2D eigenvalue weighted by Crippen LogP contribution is -2.32. The Kier molecular flexibility index (Phi) is 5.69. The van der Waals surface area contributed by atoms with Crippen LogP contribution in [0.1, 0.15) is 32.8 Å². The fraction of sp³-hybridized carbons (Fsp3) is 0.333. The number of carbonyl (C=O) groups is 1. The molecule has 0 aliphatic heterocycles. The van der Waals surface area contributed by atoms with Crippen molar-refractivity contribution >= 4 is 28.6 Å². The summed E-state index contributed by atoms with van der Waals surface area (Å²) in [5.41, 5.74) is 0.373. The summed E-state index contributed by atoms with van der Waals surface area (Å²) < 4.78 is 5.15.